The molecule has 2 amide bonds. The van der Waals surface area contributed by atoms with Gasteiger partial charge in [0, 0.05) is 23.6 Å². The lowest BCUT2D eigenvalue weighted by Gasteiger charge is -2.11. The number of carbonyl (C=O) groups is 2. The molecule has 0 aliphatic rings. The molecular formula is C26H24ClFN2O4. The summed E-state index contributed by atoms with van der Waals surface area (Å²) in [6.45, 7) is 0.226. The number of carbonyl (C=O) groups excluding carboxylic acids is 2. The molecule has 0 atom stereocenters. The van der Waals surface area contributed by atoms with E-state index in [0.717, 1.165) is 5.56 Å². The molecule has 6 nitrogen and oxygen atoms in total. The standard InChI is InChI=1S/C26H24ClFN2O4/c27-21-7-1-19(2-8-21)17-24(26(33)29-14-15-31)30-25(32)20-5-11-23(12-6-20)34-16-13-18-3-9-22(28)10-4-18/h1-12,17,31H,13-16H2,(H,29,33)(H,30,32)/b24-17+. The smallest absolute Gasteiger partial charge is 0.267 e. The maximum atomic E-state index is 13.0. The Morgan fingerprint density at radius 3 is 2.29 bits per heavy atom. The molecule has 0 aromatic heterocycles. The molecule has 0 radical (unpaired) electrons. The lowest BCUT2D eigenvalue weighted by Crippen LogP contribution is -2.36. The van der Waals surface area contributed by atoms with E-state index < -0.39 is 11.8 Å². The molecule has 3 aromatic carbocycles. The Kier molecular flexibility index (Phi) is 9.20. The second kappa shape index (κ2) is 12.5. The molecule has 0 aliphatic heterocycles. The van der Waals surface area contributed by atoms with Crippen LogP contribution in [0.3, 0.4) is 0 Å². The third-order valence-corrected chi connectivity index (χ3v) is 5.01. The third-order valence-electron chi connectivity index (χ3n) is 4.76. The first-order valence-corrected chi connectivity index (χ1v) is 11.0. The van der Waals surface area contributed by atoms with Crippen molar-refractivity contribution in [1.82, 2.24) is 10.6 Å². The molecule has 3 aromatic rings. The van der Waals surface area contributed by atoms with Gasteiger partial charge in [0.15, 0.2) is 0 Å². The minimum atomic E-state index is -0.530. The van der Waals surface area contributed by atoms with Crippen LogP contribution in [0.4, 0.5) is 4.39 Å². The van der Waals surface area contributed by atoms with Crippen LogP contribution >= 0.6 is 11.6 Å². The van der Waals surface area contributed by atoms with Gasteiger partial charge >= 0.3 is 0 Å². The topological polar surface area (TPSA) is 87.7 Å². The van der Waals surface area contributed by atoms with Gasteiger partial charge in [-0.25, -0.2) is 4.39 Å². The summed E-state index contributed by atoms with van der Waals surface area (Å²) in [6, 6.07) is 19.5. The second-order valence-corrected chi connectivity index (χ2v) is 7.73. The highest BCUT2D eigenvalue weighted by molar-refractivity contribution is 6.30. The molecule has 0 aliphatic carbocycles. The molecule has 34 heavy (non-hydrogen) atoms. The minimum Gasteiger partial charge on any atom is -0.493 e. The fourth-order valence-corrected chi connectivity index (χ4v) is 3.11. The highest BCUT2D eigenvalue weighted by Gasteiger charge is 2.14. The van der Waals surface area contributed by atoms with Crippen molar-refractivity contribution in [3.8, 4) is 5.75 Å². The molecule has 0 saturated heterocycles. The molecule has 0 saturated carbocycles. The van der Waals surface area contributed by atoms with Gasteiger partial charge in [0.05, 0.1) is 13.2 Å². The van der Waals surface area contributed by atoms with Gasteiger partial charge in [-0.05, 0) is 65.7 Å². The van der Waals surface area contributed by atoms with Crippen LogP contribution in [0.25, 0.3) is 6.08 Å². The van der Waals surface area contributed by atoms with Gasteiger partial charge in [-0.15, -0.1) is 0 Å². The number of hydrogen-bond donors (Lipinski definition) is 3. The van der Waals surface area contributed by atoms with E-state index in [2.05, 4.69) is 10.6 Å². The normalized spacial score (nSPS) is 11.1. The first kappa shape index (κ1) is 25.0. The van der Waals surface area contributed by atoms with Gasteiger partial charge < -0.3 is 20.5 Å². The third kappa shape index (κ3) is 7.72. The summed E-state index contributed by atoms with van der Waals surface area (Å²) in [5.41, 5.74) is 1.99. The average molecular weight is 483 g/mol. The van der Waals surface area contributed by atoms with Gasteiger partial charge in [-0.1, -0.05) is 35.9 Å². The van der Waals surface area contributed by atoms with Crippen molar-refractivity contribution >= 4 is 29.5 Å². The summed E-state index contributed by atoms with van der Waals surface area (Å²) >= 11 is 5.90. The van der Waals surface area contributed by atoms with Crippen LogP contribution < -0.4 is 15.4 Å². The monoisotopic (exact) mass is 482 g/mol. The van der Waals surface area contributed by atoms with Crippen LogP contribution in [-0.2, 0) is 11.2 Å². The Morgan fingerprint density at radius 1 is 0.971 bits per heavy atom. The number of hydrogen-bond acceptors (Lipinski definition) is 4. The van der Waals surface area contributed by atoms with Gasteiger partial charge in [0.25, 0.3) is 11.8 Å². The van der Waals surface area contributed by atoms with E-state index in [0.29, 0.717) is 34.9 Å². The number of rotatable bonds is 10. The molecule has 0 heterocycles. The maximum absolute atomic E-state index is 13.0. The SMILES string of the molecule is O=C(NCCO)/C(=C\c1ccc(Cl)cc1)NC(=O)c1ccc(OCCc2ccc(F)cc2)cc1. The first-order valence-electron chi connectivity index (χ1n) is 10.6. The Labute approximate surface area is 202 Å². The van der Waals surface area contributed by atoms with Crippen LogP contribution in [0.2, 0.25) is 5.02 Å². The number of halogens is 2. The van der Waals surface area contributed by atoms with Crippen molar-refractivity contribution < 1.29 is 23.8 Å². The average Bonchev–Trinajstić information content (AvgIpc) is 2.85. The summed E-state index contributed by atoms with van der Waals surface area (Å²) in [5, 5.41) is 14.7. The predicted molar refractivity (Wildman–Crippen MR) is 129 cm³/mol. The number of aliphatic hydroxyl groups excluding tert-OH is 1. The lowest BCUT2D eigenvalue weighted by atomic mass is 10.1. The van der Waals surface area contributed by atoms with E-state index in [-0.39, 0.29) is 24.7 Å². The molecule has 3 N–H and O–H groups in total. The fraction of sp³-hybridized carbons (Fsp3) is 0.154. The number of amides is 2. The van der Waals surface area contributed by atoms with Gasteiger partial charge in [0.2, 0.25) is 0 Å². The Morgan fingerprint density at radius 2 is 1.65 bits per heavy atom. The van der Waals surface area contributed by atoms with Crippen molar-refractivity contribution in [1.29, 1.82) is 0 Å². The van der Waals surface area contributed by atoms with Crippen molar-refractivity contribution in [3.05, 3.63) is 106 Å². The highest BCUT2D eigenvalue weighted by Crippen LogP contribution is 2.15. The van der Waals surface area contributed by atoms with Crippen LogP contribution in [0.5, 0.6) is 5.75 Å². The van der Waals surface area contributed by atoms with Gasteiger partial charge in [-0.2, -0.15) is 0 Å². The summed E-state index contributed by atoms with van der Waals surface area (Å²) in [5.74, 6) is -0.706. The quantitative estimate of drug-likeness (QED) is 0.381. The zero-order valence-electron chi connectivity index (χ0n) is 18.3. The van der Waals surface area contributed by atoms with Crippen molar-refractivity contribution in [2.24, 2.45) is 0 Å². The number of ether oxygens (including phenoxy) is 1. The van der Waals surface area contributed by atoms with Crippen molar-refractivity contribution in [2.45, 2.75) is 6.42 Å². The molecule has 8 heteroatoms. The minimum absolute atomic E-state index is 0.0281. The molecule has 176 valence electrons. The number of benzene rings is 3. The summed E-state index contributed by atoms with van der Waals surface area (Å²) in [6.07, 6.45) is 2.14. The summed E-state index contributed by atoms with van der Waals surface area (Å²) in [4.78, 5) is 25.2. The molecule has 0 bridgehead atoms. The van der Waals surface area contributed by atoms with Crippen LogP contribution in [0, 0.1) is 5.82 Å². The lowest BCUT2D eigenvalue weighted by molar-refractivity contribution is -0.117. The largest absolute Gasteiger partial charge is 0.493 e. The molecule has 0 fully saturated rings. The second-order valence-electron chi connectivity index (χ2n) is 7.29. The zero-order chi connectivity index (χ0) is 24.3. The predicted octanol–water partition coefficient (Wildman–Crippen LogP) is 3.98. The maximum Gasteiger partial charge on any atom is 0.267 e. The van der Waals surface area contributed by atoms with Crippen molar-refractivity contribution in [2.75, 3.05) is 19.8 Å². The molecule has 0 spiro atoms. The number of nitrogens with one attached hydrogen (secondary N) is 2. The van der Waals surface area contributed by atoms with E-state index in [9.17, 15) is 14.0 Å². The molecule has 0 unspecified atom stereocenters. The Balaban J connectivity index is 1.63. The van der Waals surface area contributed by atoms with Crippen molar-refractivity contribution in [3.63, 3.8) is 0 Å². The van der Waals surface area contributed by atoms with E-state index >= 15 is 0 Å². The molecule has 3 rings (SSSR count). The zero-order valence-corrected chi connectivity index (χ0v) is 19.0. The summed E-state index contributed by atoms with van der Waals surface area (Å²) in [7, 11) is 0. The van der Waals surface area contributed by atoms with E-state index in [1.54, 1.807) is 60.7 Å². The van der Waals surface area contributed by atoms with Gasteiger partial charge in [-0.3, -0.25) is 9.59 Å². The van der Waals surface area contributed by atoms with Crippen LogP contribution in [0.15, 0.2) is 78.5 Å². The number of aliphatic hydroxyl groups is 1. The van der Waals surface area contributed by atoms with E-state index in [1.165, 1.54) is 18.2 Å². The Hall–Kier alpha value is -3.68. The molecular weight excluding hydrogens is 459 g/mol. The highest BCUT2D eigenvalue weighted by atomic mass is 35.5. The van der Waals surface area contributed by atoms with Crippen LogP contribution in [0.1, 0.15) is 21.5 Å². The Bertz CT molecular complexity index is 1130. The first-order chi connectivity index (χ1) is 16.4. The van der Waals surface area contributed by atoms with Crippen LogP contribution in [-0.4, -0.2) is 36.7 Å². The fourth-order valence-electron chi connectivity index (χ4n) is 2.98. The van der Waals surface area contributed by atoms with Gasteiger partial charge in [0.1, 0.15) is 17.3 Å². The summed E-state index contributed by atoms with van der Waals surface area (Å²) < 4.78 is 18.7. The van der Waals surface area contributed by atoms with E-state index in [4.69, 9.17) is 21.4 Å². The van der Waals surface area contributed by atoms with E-state index in [1.807, 2.05) is 0 Å².